The van der Waals surface area contributed by atoms with E-state index in [0.29, 0.717) is 12.5 Å². The van der Waals surface area contributed by atoms with Crippen molar-refractivity contribution >= 4 is 17.4 Å². The minimum atomic E-state index is -0.442. The summed E-state index contributed by atoms with van der Waals surface area (Å²) in [6, 6.07) is 13.7. The van der Waals surface area contributed by atoms with Gasteiger partial charge in [0.15, 0.2) is 0 Å². The number of hydrogen-bond acceptors (Lipinski definition) is 3. The van der Waals surface area contributed by atoms with Crippen molar-refractivity contribution in [2.45, 2.75) is 6.42 Å². The van der Waals surface area contributed by atoms with Crippen LogP contribution in [-0.4, -0.2) is 32.8 Å². The molecule has 1 unspecified atom stereocenters. The van der Waals surface area contributed by atoms with Gasteiger partial charge >= 0.3 is 6.03 Å². The topological polar surface area (TPSA) is 53.6 Å². The van der Waals surface area contributed by atoms with Crippen LogP contribution in [0.15, 0.2) is 48.5 Å². The van der Waals surface area contributed by atoms with Crippen molar-refractivity contribution < 1.29 is 13.9 Å². The van der Waals surface area contributed by atoms with Gasteiger partial charge in [0.1, 0.15) is 11.6 Å². The van der Waals surface area contributed by atoms with Crippen LogP contribution in [0.3, 0.4) is 0 Å². The molecule has 1 aliphatic heterocycles. The normalized spacial score (nSPS) is 16.6. The number of carbonyl (C=O) groups is 1. The van der Waals surface area contributed by atoms with E-state index in [9.17, 15) is 9.18 Å². The molecule has 132 valence electrons. The van der Waals surface area contributed by atoms with E-state index in [1.807, 2.05) is 18.2 Å². The quantitative estimate of drug-likeness (QED) is 0.874. The third-order valence-corrected chi connectivity index (χ3v) is 4.38. The predicted molar refractivity (Wildman–Crippen MR) is 96.7 cm³/mol. The van der Waals surface area contributed by atoms with E-state index in [0.717, 1.165) is 30.9 Å². The first-order valence-corrected chi connectivity index (χ1v) is 8.34. The van der Waals surface area contributed by atoms with Crippen molar-refractivity contribution in [2.75, 3.05) is 37.0 Å². The average molecular weight is 343 g/mol. The van der Waals surface area contributed by atoms with Crippen LogP contribution in [0.5, 0.6) is 5.75 Å². The van der Waals surface area contributed by atoms with E-state index in [2.05, 4.69) is 21.6 Å². The van der Waals surface area contributed by atoms with Crippen LogP contribution in [0.4, 0.5) is 20.6 Å². The number of amides is 2. The number of ether oxygens (including phenoxy) is 1. The van der Waals surface area contributed by atoms with Gasteiger partial charge in [-0.3, -0.25) is 0 Å². The smallest absolute Gasteiger partial charge is 0.319 e. The van der Waals surface area contributed by atoms with Crippen LogP contribution in [0.1, 0.15) is 6.42 Å². The third kappa shape index (κ3) is 4.41. The molecule has 1 atom stereocenters. The molecule has 0 aliphatic carbocycles. The molecule has 3 rings (SSSR count). The summed E-state index contributed by atoms with van der Waals surface area (Å²) in [5, 5.41) is 5.36. The zero-order valence-corrected chi connectivity index (χ0v) is 14.2. The zero-order valence-electron chi connectivity index (χ0n) is 14.2. The fraction of sp³-hybridized carbons (Fsp3) is 0.316. The van der Waals surface area contributed by atoms with Gasteiger partial charge in [0.05, 0.1) is 12.8 Å². The lowest BCUT2D eigenvalue weighted by Crippen LogP contribution is -2.34. The lowest BCUT2D eigenvalue weighted by atomic mass is 10.1. The number of anilines is 2. The van der Waals surface area contributed by atoms with E-state index in [1.54, 1.807) is 19.2 Å². The maximum Gasteiger partial charge on any atom is 0.319 e. The first-order chi connectivity index (χ1) is 12.2. The number of nitrogens with zero attached hydrogens (tertiary/aromatic N) is 1. The fourth-order valence-corrected chi connectivity index (χ4v) is 3.01. The maximum absolute atomic E-state index is 13.5. The molecule has 0 radical (unpaired) electrons. The van der Waals surface area contributed by atoms with Crippen molar-refractivity contribution in [3.8, 4) is 5.75 Å². The Morgan fingerprint density at radius 3 is 2.92 bits per heavy atom. The van der Waals surface area contributed by atoms with Crippen LogP contribution >= 0.6 is 0 Å². The van der Waals surface area contributed by atoms with Crippen molar-refractivity contribution in [1.29, 1.82) is 0 Å². The second-order valence-electron chi connectivity index (χ2n) is 6.12. The molecule has 1 aliphatic rings. The summed E-state index contributed by atoms with van der Waals surface area (Å²) >= 11 is 0. The van der Waals surface area contributed by atoms with Gasteiger partial charge in [0, 0.05) is 31.4 Å². The Balaban J connectivity index is 1.48. The second kappa shape index (κ2) is 7.88. The summed E-state index contributed by atoms with van der Waals surface area (Å²) in [4.78, 5) is 14.2. The minimum Gasteiger partial charge on any atom is -0.497 e. The molecule has 25 heavy (non-hydrogen) atoms. The summed E-state index contributed by atoms with van der Waals surface area (Å²) in [5.74, 6) is 0.753. The second-order valence-corrected chi connectivity index (χ2v) is 6.12. The first kappa shape index (κ1) is 17.1. The molecule has 0 spiro atoms. The Hall–Kier alpha value is -2.76. The van der Waals surface area contributed by atoms with Crippen molar-refractivity contribution in [3.63, 3.8) is 0 Å². The van der Waals surface area contributed by atoms with Crippen molar-refractivity contribution in [1.82, 2.24) is 5.32 Å². The molecule has 0 bridgehead atoms. The highest BCUT2D eigenvalue weighted by Crippen LogP contribution is 2.26. The molecule has 1 saturated heterocycles. The Labute approximate surface area is 146 Å². The maximum atomic E-state index is 13.5. The number of rotatable bonds is 5. The highest BCUT2D eigenvalue weighted by atomic mass is 19.1. The molecule has 0 aromatic heterocycles. The van der Waals surface area contributed by atoms with Gasteiger partial charge in [-0.1, -0.05) is 18.2 Å². The zero-order chi connectivity index (χ0) is 17.6. The van der Waals surface area contributed by atoms with Crippen LogP contribution in [-0.2, 0) is 0 Å². The Bertz CT molecular complexity index is 738. The lowest BCUT2D eigenvalue weighted by molar-refractivity contribution is 0.250. The SMILES string of the molecule is COc1cccc(N2CCC(CNC(=O)Nc3ccccc3F)C2)c1. The van der Waals surface area contributed by atoms with Crippen LogP contribution < -0.4 is 20.3 Å². The number of benzene rings is 2. The van der Waals surface area contributed by atoms with Gasteiger partial charge in [0.25, 0.3) is 0 Å². The highest BCUT2D eigenvalue weighted by Gasteiger charge is 2.23. The van der Waals surface area contributed by atoms with E-state index in [4.69, 9.17) is 4.74 Å². The van der Waals surface area contributed by atoms with Gasteiger partial charge in [-0.25, -0.2) is 9.18 Å². The summed E-state index contributed by atoms with van der Waals surface area (Å²) < 4.78 is 18.8. The number of para-hydroxylation sites is 1. The summed E-state index contributed by atoms with van der Waals surface area (Å²) in [5.41, 5.74) is 1.31. The molecular weight excluding hydrogens is 321 g/mol. The number of nitrogens with one attached hydrogen (secondary N) is 2. The summed E-state index contributed by atoms with van der Waals surface area (Å²) in [6.45, 7) is 2.36. The van der Waals surface area contributed by atoms with Gasteiger partial charge in [-0.15, -0.1) is 0 Å². The molecule has 1 heterocycles. The molecule has 1 fully saturated rings. The largest absolute Gasteiger partial charge is 0.497 e. The average Bonchev–Trinajstić information content (AvgIpc) is 3.11. The Morgan fingerprint density at radius 1 is 1.28 bits per heavy atom. The minimum absolute atomic E-state index is 0.185. The van der Waals surface area contributed by atoms with Crippen LogP contribution in [0, 0.1) is 11.7 Å². The number of methoxy groups -OCH3 is 1. The molecular formula is C19H22FN3O2. The first-order valence-electron chi connectivity index (χ1n) is 8.34. The van der Waals surface area contributed by atoms with Crippen molar-refractivity contribution in [3.05, 3.63) is 54.3 Å². The highest BCUT2D eigenvalue weighted by molar-refractivity contribution is 5.89. The summed E-state index contributed by atoms with van der Waals surface area (Å²) in [6.07, 6.45) is 0.997. The molecule has 2 aromatic rings. The fourth-order valence-electron chi connectivity index (χ4n) is 3.01. The number of halogens is 1. The Morgan fingerprint density at radius 2 is 2.12 bits per heavy atom. The van der Waals surface area contributed by atoms with Crippen LogP contribution in [0.25, 0.3) is 0 Å². The van der Waals surface area contributed by atoms with Crippen LogP contribution in [0.2, 0.25) is 0 Å². The number of urea groups is 1. The van der Waals surface area contributed by atoms with Gasteiger partial charge in [-0.05, 0) is 36.6 Å². The molecule has 6 heteroatoms. The van der Waals surface area contributed by atoms with E-state index < -0.39 is 5.82 Å². The summed E-state index contributed by atoms with van der Waals surface area (Å²) in [7, 11) is 1.66. The predicted octanol–water partition coefficient (Wildman–Crippen LogP) is 3.48. The Kier molecular flexibility index (Phi) is 5.38. The molecule has 0 saturated carbocycles. The molecule has 5 nitrogen and oxygen atoms in total. The van der Waals surface area contributed by atoms with Gasteiger partial charge in [-0.2, -0.15) is 0 Å². The third-order valence-electron chi connectivity index (χ3n) is 4.38. The van der Waals surface area contributed by atoms with Crippen molar-refractivity contribution in [2.24, 2.45) is 5.92 Å². The standard InChI is InChI=1S/C19H22FN3O2/c1-25-16-6-4-5-15(11-16)23-10-9-14(13-23)12-21-19(24)22-18-8-3-2-7-17(18)20/h2-8,11,14H,9-10,12-13H2,1H3,(H2,21,22,24). The van der Waals surface area contributed by atoms with Gasteiger partial charge < -0.3 is 20.3 Å². The lowest BCUT2D eigenvalue weighted by Gasteiger charge is -2.19. The van der Waals surface area contributed by atoms with E-state index in [-0.39, 0.29) is 11.7 Å². The van der Waals surface area contributed by atoms with E-state index in [1.165, 1.54) is 12.1 Å². The molecule has 2 aromatic carbocycles. The van der Waals surface area contributed by atoms with Gasteiger partial charge in [0.2, 0.25) is 0 Å². The van der Waals surface area contributed by atoms with E-state index >= 15 is 0 Å². The number of carbonyl (C=O) groups excluding carboxylic acids is 1. The monoisotopic (exact) mass is 343 g/mol. The number of hydrogen-bond donors (Lipinski definition) is 2. The molecule has 2 N–H and O–H groups in total. The molecule has 2 amide bonds.